The van der Waals surface area contributed by atoms with E-state index in [1.165, 1.54) is 133 Å². The Morgan fingerprint density at radius 2 is 0.739 bits per heavy atom. The highest BCUT2D eigenvalue weighted by Crippen LogP contribution is 2.43. The summed E-state index contributed by atoms with van der Waals surface area (Å²) in [6, 6.07) is 94.9. The van der Waals surface area contributed by atoms with Crippen LogP contribution in [0.5, 0.6) is 40.2 Å². The average Bonchev–Trinajstić information content (AvgIpc) is 0.759. The fraction of sp³-hybridized carbons (Fsp3) is 0.143. The molecule has 16 aromatic rings. The summed E-state index contributed by atoms with van der Waals surface area (Å²) in [5.74, 6) is 6.88. The van der Waals surface area contributed by atoms with Gasteiger partial charge in [0.25, 0.3) is 40.4 Å². The number of pyridine rings is 6. The van der Waals surface area contributed by atoms with E-state index >= 15 is 0 Å². The Hall–Kier alpha value is -13.5. The molecular weight excluding hydrogens is 1370 g/mol. The zero-order valence-electron chi connectivity index (χ0n) is 63.7. The van der Waals surface area contributed by atoms with Gasteiger partial charge in [-0.25, -0.2) is 0 Å². The zero-order chi connectivity index (χ0) is 75.6. The van der Waals surface area contributed by atoms with Crippen LogP contribution in [-0.2, 0) is 40.4 Å². The molecule has 0 unspecified atom stereocenters. The maximum atomic E-state index is 5.95. The number of aromatic nitrogens is 6. The lowest BCUT2D eigenvalue weighted by Gasteiger charge is -2.18. The van der Waals surface area contributed by atoms with Crippen LogP contribution in [0.25, 0.3) is 111 Å². The third-order valence-corrected chi connectivity index (χ3v) is 21.2. The molecule has 0 aliphatic carbocycles. The molecule has 13 heteroatoms. The minimum Gasteiger partial charge on any atom is -0.497 e. The van der Waals surface area contributed by atoms with Crippen molar-refractivity contribution in [3.8, 4) is 119 Å². The van der Waals surface area contributed by atoms with E-state index in [1.807, 2.05) is 55.6 Å². The molecular formula is C98H86N6O7+6. The van der Waals surface area contributed by atoms with E-state index in [9.17, 15) is 0 Å². The first-order chi connectivity index (χ1) is 54.4. The van der Waals surface area contributed by atoms with Gasteiger partial charge in [-0.3, -0.25) is 0 Å². The van der Waals surface area contributed by atoms with Gasteiger partial charge in [-0.15, -0.1) is 0 Å². The number of hydrogen-bond donors (Lipinski definition) is 0. The van der Waals surface area contributed by atoms with E-state index in [0.717, 1.165) is 57.1 Å². The Morgan fingerprint density at radius 3 is 1.36 bits per heavy atom. The van der Waals surface area contributed by atoms with Crippen molar-refractivity contribution in [1.82, 2.24) is 0 Å². The molecule has 10 aromatic carbocycles. The Bertz CT molecular complexity index is 6220. The summed E-state index contributed by atoms with van der Waals surface area (Å²) < 4.78 is 53.5. The summed E-state index contributed by atoms with van der Waals surface area (Å²) in [5, 5.41) is 6.29. The summed E-state index contributed by atoms with van der Waals surface area (Å²) in [4.78, 5) is 0. The predicted octanol–water partition coefficient (Wildman–Crippen LogP) is 19.2. The van der Waals surface area contributed by atoms with Crippen molar-refractivity contribution < 1.29 is 60.6 Å². The highest BCUT2D eigenvalue weighted by Gasteiger charge is 2.32. The number of fused-ring (bicyclic) bond motifs is 23. The van der Waals surface area contributed by atoms with Crippen LogP contribution in [0.15, 0.2) is 304 Å². The molecule has 0 N–H and O–H groups in total. The number of para-hydroxylation sites is 4. The number of benzene rings is 10. The monoisotopic (exact) mass is 1460 g/mol. The summed E-state index contributed by atoms with van der Waals surface area (Å²) >= 11 is 0. The van der Waals surface area contributed by atoms with Crippen molar-refractivity contribution in [3.05, 3.63) is 343 Å². The van der Waals surface area contributed by atoms with Crippen molar-refractivity contribution in [2.45, 2.75) is 88.9 Å². The third kappa shape index (κ3) is 13.9. The van der Waals surface area contributed by atoms with E-state index in [2.05, 4.69) is 324 Å². The lowest BCUT2D eigenvalue weighted by molar-refractivity contribution is -0.717. The Balaban J connectivity index is 0.0000000971. The highest BCUT2D eigenvalue weighted by molar-refractivity contribution is 5.95. The van der Waals surface area contributed by atoms with Crippen LogP contribution in [0.4, 0.5) is 0 Å². The normalized spacial score (nSPS) is 12.5. The highest BCUT2D eigenvalue weighted by atomic mass is 16.5. The summed E-state index contributed by atoms with van der Waals surface area (Å²) in [5.41, 5.74) is 26.3. The molecule has 0 bridgehead atoms. The molecule has 0 radical (unpaired) electrons. The van der Waals surface area contributed by atoms with E-state index in [0.29, 0.717) is 40.4 Å². The summed E-state index contributed by atoms with van der Waals surface area (Å²) in [6.07, 6.45) is 10.4. The molecule has 0 amide bonds. The molecule has 6 aliphatic rings. The van der Waals surface area contributed by atoms with Gasteiger partial charge in [0.15, 0.2) is 31.0 Å². The smallest absolute Gasteiger partial charge is 0.293 e. The molecule has 544 valence electrons. The Morgan fingerprint density at radius 1 is 0.270 bits per heavy atom. The summed E-state index contributed by atoms with van der Waals surface area (Å²) in [6.45, 7) is 18.1. The fourth-order valence-corrected chi connectivity index (χ4v) is 15.8. The molecule has 0 atom stereocenters. The minimum atomic E-state index is 0.566. The van der Waals surface area contributed by atoms with Gasteiger partial charge >= 0.3 is 0 Å². The quantitative estimate of drug-likeness (QED) is 0.159. The Labute approximate surface area is 647 Å². The predicted molar refractivity (Wildman–Crippen MR) is 434 cm³/mol. The first kappa shape index (κ1) is 70.5. The molecule has 13 nitrogen and oxygen atoms in total. The van der Waals surface area contributed by atoms with Gasteiger partial charge in [0, 0.05) is 71.4 Å². The molecule has 111 heavy (non-hydrogen) atoms. The van der Waals surface area contributed by atoms with E-state index in [1.54, 1.807) is 7.11 Å². The van der Waals surface area contributed by atoms with Gasteiger partial charge in [-0.2, -0.15) is 27.4 Å². The lowest BCUT2D eigenvalue weighted by atomic mass is 9.97. The van der Waals surface area contributed by atoms with Crippen molar-refractivity contribution in [2.24, 2.45) is 0 Å². The minimum absolute atomic E-state index is 0.566. The maximum Gasteiger partial charge on any atom is 0.293 e. The second-order valence-electron chi connectivity index (χ2n) is 28.7. The lowest BCUT2D eigenvalue weighted by Crippen LogP contribution is -2.42. The molecule has 0 fully saturated rings. The molecule has 0 spiro atoms. The van der Waals surface area contributed by atoms with E-state index in [4.69, 9.17) is 33.2 Å². The molecule has 22 rings (SSSR count). The fourth-order valence-electron chi connectivity index (χ4n) is 15.8. The first-order valence-corrected chi connectivity index (χ1v) is 37.7. The van der Waals surface area contributed by atoms with Gasteiger partial charge < -0.3 is 33.2 Å². The second kappa shape index (κ2) is 30.6. The first-order valence-electron chi connectivity index (χ1n) is 37.7. The topological polar surface area (TPSA) is 87.9 Å². The zero-order valence-corrected chi connectivity index (χ0v) is 63.7. The molecule has 6 aromatic heterocycles. The largest absolute Gasteiger partial charge is 0.497 e. The van der Waals surface area contributed by atoms with Crippen LogP contribution >= 0.6 is 0 Å². The van der Waals surface area contributed by atoms with Crippen LogP contribution in [-0.4, -0.2) is 7.11 Å². The van der Waals surface area contributed by atoms with Crippen molar-refractivity contribution in [3.63, 3.8) is 0 Å². The van der Waals surface area contributed by atoms with Crippen LogP contribution < -0.4 is 60.6 Å². The van der Waals surface area contributed by atoms with Crippen LogP contribution in [0, 0.1) is 48.5 Å². The number of aryl methyl sites for hydroxylation is 7. The second-order valence-corrected chi connectivity index (χ2v) is 28.7. The number of nitrogens with zero attached hydrogens (tertiary/aromatic N) is 6. The van der Waals surface area contributed by atoms with Gasteiger partial charge in [-0.05, 0) is 200 Å². The van der Waals surface area contributed by atoms with Gasteiger partial charge in [0.2, 0.25) is 39.7 Å². The van der Waals surface area contributed by atoms with Crippen molar-refractivity contribution in [1.29, 1.82) is 0 Å². The molecule has 12 heterocycles. The molecule has 6 aliphatic heterocycles. The van der Waals surface area contributed by atoms with Crippen molar-refractivity contribution in [2.75, 3.05) is 7.11 Å². The molecule has 0 saturated carbocycles. The Kier molecular flexibility index (Phi) is 19.4. The SMILES string of the molecule is COc1cc(C)c2c(c1)-c1cccc[n+]1CO2.Cc1cc(-c2ccccc2)cc2c1OC[n+]1ccccc1-2.Cc1cc(C)c2c(c1)-c1cccc[n+]1CO2.Cc1cccc2c1OC[n+]1c-2ccc2ccccc21.Cc1cccc2c1OC[n+]1cc3ccccc3cc1-2.Cc1cccc2c1OC[n+]1ccc3ccccc3c1-2. The van der Waals surface area contributed by atoms with Crippen LogP contribution in [0.2, 0.25) is 0 Å². The van der Waals surface area contributed by atoms with E-state index in [-0.39, 0.29) is 0 Å². The molecule has 0 saturated heterocycles. The van der Waals surface area contributed by atoms with Crippen LogP contribution in [0.3, 0.4) is 0 Å². The van der Waals surface area contributed by atoms with Crippen LogP contribution in [0.1, 0.15) is 38.9 Å². The maximum absolute atomic E-state index is 5.95. The average molecular weight is 1460 g/mol. The number of methoxy groups -OCH3 is 1. The third-order valence-electron chi connectivity index (χ3n) is 21.2. The van der Waals surface area contributed by atoms with E-state index < -0.39 is 0 Å². The van der Waals surface area contributed by atoms with Crippen molar-refractivity contribution >= 4 is 32.4 Å². The van der Waals surface area contributed by atoms with Gasteiger partial charge in [-0.1, -0.05) is 121 Å². The number of ether oxygens (including phenoxy) is 7. The van der Waals surface area contributed by atoms with Gasteiger partial charge in [0.05, 0.1) is 45.9 Å². The van der Waals surface area contributed by atoms with Gasteiger partial charge in [0.1, 0.15) is 40.2 Å². The number of hydrogen-bond acceptors (Lipinski definition) is 7. The summed E-state index contributed by atoms with van der Waals surface area (Å²) in [7, 11) is 1.68. The number of rotatable bonds is 2. The standard InChI is InChI=1S/C19H16NO.3C17H14NO.C14H14NO2.C14H14NO/c1-14-11-16(15-7-3-2-4-8-15)12-17-18-9-5-6-10-20(18)13-21-19(14)17;1-12-5-4-7-14-16-10-9-13-6-2-3-8-15(13)18(16)11-19-17(12)14;1-12-5-4-8-15-16-9-13-6-2-3-7-14(13)10-18(16)11-19-17(12)15;1-12-5-4-8-15-16-14-7-3-2-6-13(14)9-10-18(16)11-19-17(12)15;1-10-7-11(16-2)8-12-13-5-3-4-6-15(13)9-17-14(10)12;1-10-7-11(2)14-12(8-10)13-5-3-4-6-15(13)9-16-14/h2-12H,13H2,1H3;3*2-10H,11H2,1H3;3-8H,9H2,1-2H3;3-8H,9H2,1-2H3/q6*+1.